The summed E-state index contributed by atoms with van der Waals surface area (Å²) in [6, 6.07) is 0. The summed E-state index contributed by atoms with van der Waals surface area (Å²) in [5.74, 6) is 0.425. The number of aliphatic hydroxyl groups excluding tert-OH is 1. The number of methoxy groups -OCH3 is 1. The molecule has 0 aromatic rings. The van der Waals surface area contributed by atoms with Crippen LogP contribution in [0.3, 0.4) is 0 Å². The van der Waals surface area contributed by atoms with Gasteiger partial charge in [-0.2, -0.15) is 0 Å². The summed E-state index contributed by atoms with van der Waals surface area (Å²) < 4.78 is 4.77. The molecule has 1 aliphatic rings. The number of hydrogen-bond acceptors (Lipinski definition) is 3. The van der Waals surface area contributed by atoms with E-state index in [1.54, 1.807) is 0 Å². The van der Waals surface area contributed by atoms with E-state index >= 15 is 0 Å². The summed E-state index contributed by atoms with van der Waals surface area (Å²) in [7, 11) is 1.49. The highest BCUT2D eigenvalue weighted by Gasteiger charge is 2.35. The molecule has 1 rings (SSSR count). The van der Waals surface area contributed by atoms with E-state index in [1.165, 1.54) is 13.5 Å². The molecule has 15 heavy (non-hydrogen) atoms. The number of hydrogen-bond donors (Lipinski definition) is 2. The Balaban J connectivity index is 2.55. The molecule has 1 saturated carbocycles. The Morgan fingerprint density at radius 1 is 1.67 bits per heavy atom. The minimum atomic E-state index is -0.409. The highest BCUT2D eigenvalue weighted by molar-refractivity contribution is 5.78. The molecule has 0 heterocycles. The zero-order valence-electron chi connectivity index (χ0n) is 9.58. The van der Waals surface area contributed by atoms with Gasteiger partial charge in [-0.25, -0.2) is 0 Å². The van der Waals surface area contributed by atoms with Crippen molar-refractivity contribution in [3.05, 3.63) is 0 Å². The fourth-order valence-electron chi connectivity index (χ4n) is 2.42. The Bertz CT molecular complexity index is 220. The lowest BCUT2D eigenvalue weighted by atomic mass is 9.77. The molecule has 0 aromatic heterocycles. The average molecular weight is 215 g/mol. The largest absolute Gasteiger partial charge is 0.394 e. The van der Waals surface area contributed by atoms with Crippen LogP contribution < -0.4 is 5.32 Å². The first-order valence-corrected chi connectivity index (χ1v) is 5.53. The highest BCUT2D eigenvalue weighted by atomic mass is 16.5. The first-order chi connectivity index (χ1) is 7.12. The van der Waals surface area contributed by atoms with Crippen LogP contribution >= 0.6 is 0 Å². The zero-order chi connectivity index (χ0) is 11.3. The minimum Gasteiger partial charge on any atom is -0.394 e. The van der Waals surface area contributed by atoms with Gasteiger partial charge in [0, 0.05) is 7.11 Å². The number of aliphatic hydroxyl groups is 1. The first kappa shape index (κ1) is 12.5. The Kier molecular flexibility index (Phi) is 4.54. The van der Waals surface area contributed by atoms with Crippen LogP contribution in [0.15, 0.2) is 0 Å². The lowest BCUT2D eigenvalue weighted by Gasteiger charge is -2.39. The van der Waals surface area contributed by atoms with Crippen molar-refractivity contribution in [1.29, 1.82) is 0 Å². The second-order valence-corrected chi connectivity index (χ2v) is 4.62. The predicted octanol–water partition coefficient (Wildman–Crippen LogP) is 0.690. The van der Waals surface area contributed by atoms with Gasteiger partial charge in [0.15, 0.2) is 0 Å². The topological polar surface area (TPSA) is 58.6 Å². The van der Waals surface area contributed by atoms with Crippen LogP contribution in [0, 0.1) is 5.92 Å². The SMILES string of the molecule is COCC(=O)NC1(CO)CCCC(C)C1. The second kappa shape index (κ2) is 5.47. The van der Waals surface area contributed by atoms with Gasteiger partial charge in [0.2, 0.25) is 5.91 Å². The normalized spacial score (nSPS) is 31.3. The van der Waals surface area contributed by atoms with Gasteiger partial charge >= 0.3 is 0 Å². The summed E-state index contributed by atoms with van der Waals surface area (Å²) in [5.41, 5.74) is -0.409. The van der Waals surface area contributed by atoms with E-state index < -0.39 is 5.54 Å². The first-order valence-electron chi connectivity index (χ1n) is 5.53. The number of carbonyl (C=O) groups excluding carboxylic acids is 1. The van der Waals surface area contributed by atoms with Crippen molar-refractivity contribution in [3.63, 3.8) is 0 Å². The van der Waals surface area contributed by atoms with Crippen molar-refractivity contribution < 1.29 is 14.6 Å². The number of nitrogens with one attached hydrogen (secondary N) is 1. The van der Waals surface area contributed by atoms with Gasteiger partial charge < -0.3 is 15.2 Å². The summed E-state index contributed by atoms with van der Waals surface area (Å²) in [4.78, 5) is 11.4. The molecule has 0 aliphatic heterocycles. The fourth-order valence-corrected chi connectivity index (χ4v) is 2.42. The standard InChI is InChI=1S/C11H21NO3/c1-9-4-3-5-11(6-9,8-13)12-10(14)7-15-2/h9,13H,3-8H2,1-2H3,(H,12,14). The number of ether oxygens (including phenoxy) is 1. The molecule has 0 bridgehead atoms. The molecule has 2 atom stereocenters. The van der Waals surface area contributed by atoms with Crippen LogP contribution in [-0.2, 0) is 9.53 Å². The van der Waals surface area contributed by atoms with E-state index in [1.807, 2.05) is 0 Å². The van der Waals surface area contributed by atoms with Crippen molar-refractivity contribution in [2.75, 3.05) is 20.3 Å². The van der Waals surface area contributed by atoms with Crippen molar-refractivity contribution in [1.82, 2.24) is 5.32 Å². The zero-order valence-corrected chi connectivity index (χ0v) is 9.58. The predicted molar refractivity (Wildman–Crippen MR) is 57.5 cm³/mol. The molecule has 4 nitrogen and oxygen atoms in total. The maximum atomic E-state index is 11.4. The van der Waals surface area contributed by atoms with Crippen LogP contribution in [0.4, 0.5) is 0 Å². The summed E-state index contributed by atoms with van der Waals surface area (Å²) in [5, 5.41) is 12.3. The molecule has 0 spiro atoms. The van der Waals surface area contributed by atoms with Gasteiger partial charge in [-0.05, 0) is 18.8 Å². The third-order valence-electron chi connectivity index (χ3n) is 3.07. The minimum absolute atomic E-state index is 0.0206. The van der Waals surface area contributed by atoms with Crippen LogP contribution in [0.1, 0.15) is 32.6 Å². The van der Waals surface area contributed by atoms with E-state index in [4.69, 9.17) is 4.74 Å². The van der Waals surface area contributed by atoms with Gasteiger partial charge in [-0.15, -0.1) is 0 Å². The van der Waals surface area contributed by atoms with Gasteiger partial charge in [-0.3, -0.25) is 4.79 Å². The number of rotatable bonds is 4. The lowest BCUT2D eigenvalue weighted by molar-refractivity contribution is -0.128. The second-order valence-electron chi connectivity index (χ2n) is 4.62. The van der Waals surface area contributed by atoms with Crippen molar-refractivity contribution in [3.8, 4) is 0 Å². The Hall–Kier alpha value is -0.610. The number of carbonyl (C=O) groups is 1. The summed E-state index contributed by atoms with van der Waals surface area (Å²) >= 11 is 0. The summed E-state index contributed by atoms with van der Waals surface area (Å²) in [6.45, 7) is 2.25. The van der Waals surface area contributed by atoms with Crippen molar-refractivity contribution in [2.24, 2.45) is 5.92 Å². The van der Waals surface area contributed by atoms with E-state index in [9.17, 15) is 9.90 Å². The van der Waals surface area contributed by atoms with Crippen LogP contribution in [0.5, 0.6) is 0 Å². The molecule has 1 aliphatic carbocycles. The van der Waals surface area contributed by atoms with Crippen LogP contribution in [-0.4, -0.2) is 36.9 Å². The van der Waals surface area contributed by atoms with E-state index in [0.717, 1.165) is 19.3 Å². The van der Waals surface area contributed by atoms with Crippen LogP contribution in [0.2, 0.25) is 0 Å². The fraction of sp³-hybridized carbons (Fsp3) is 0.909. The smallest absolute Gasteiger partial charge is 0.246 e. The van der Waals surface area contributed by atoms with E-state index in [2.05, 4.69) is 12.2 Å². The molecule has 88 valence electrons. The molecule has 0 saturated heterocycles. The molecule has 1 fully saturated rings. The summed E-state index contributed by atoms with van der Waals surface area (Å²) in [6.07, 6.45) is 3.97. The van der Waals surface area contributed by atoms with Gasteiger partial charge in [0.1, 0.15) is 6.61 Å². The highest BCUT2D eigenvalue weighted by Crippen LogP contribution is 2.31. The van der Waals surface area contributed by atoms with E-state index in [-0.39, 0.29) is 19.1 Å². The molecule has 0 aromatic carbocycles. The maximum Gasteiger partial charge on any atom is 0.246 e. The quantitative estimate of drug-likeness (QED) is 0.725. The third-order valence-corrected chi connectivity index (χ3v) is 3.07. The lowest BCUT2D eigenvalue weighted by Crippen LogP contribution is -2.54. The van der Waals surface area contributed by atoms with E-state index in [0.29, 0.717) is 5.92 Å². The average Bonchev–Trinajstić information content (AvgIpc) is 2.18. The van der Waals surface area contributed by atoms with Crippen molar-refractivity contribution >= 4 is 5.91 Å². The molecule has 1 amide bonds. The molecular weight excluding hydrogens is 194 g/mol. The molecule has 2 N–H and O–H groups in total. The Morgan fingerprint density at radius 2 is 2.40 bits per heavy atom. The van der Waals surface area contributed by atoms with Crippen molar-refractivity contribution in [2.45, 2.75) is 38.1 Å². The third kappa shape index (κ3) is 3.47. The Labute approximate surface area is 91.0 Å². The van der Waals surface area contributed by atoms with Gasteiger partial charge in [0.25, 0.3) is 0 Å². The molecule has 0 radical (unpaired) electrons. The Morgan fingerprint density at radius 3 is 2.93 bits per heavy atom. The molecule has 2 unspecified atom stereocenters. The monoisotopic (exact) mass is 215 g/mol. The molecular formula is C11H21NO3. The molecule has 4 heteroatoms. The van der Waals surface area contributed by atoms with Gasteiger partial charge in [-0.1, -0.05) is 19.8 Å². The number of amides is 1. The van der Waals surface area contributed by atoms with Crippen LogP contribution in [0.25, 0.3) is 0 Å². The maximum absolute atomic E-state index is 11.4. The van der Waals surface area contributed by atoms with Gasteiger partial charge in [0.05, 0.1) is 12.1 Å².